The number of fused-ring (bicyclic) bond motifs is 1. The normalized spacial score (nSPS) is 11.7. The summed E-state index contributed by atoms with van der Waals surface area (Å²) in [4.78, 5) is 19.1. The maximum Gasteiger partial charge on any atom is 0.260 e. The molecular formula is C18H17ClN2O4S2. The maximum absolute atomic E-state index is 13.1. The number of para-hydroxylation sites is 1. The monoisotopic (exact) mass is 424 g/mol. The Kier molecular flexibility index (Phi) is 5.81. The van der Waals surface area contributed by atoms with Crippen molar-refractivity contribution in [2.45, 2.75) is 4.90 Å². The van der Waals surface area contributed by atoms with Gasteiger partial charge in [0.1, 0.15) is 0 Å². The number of thiazole rings is 1. The third kappa shape index (κ3) is 4.30. The van der Waals surface area contributed by atoms with Crippen LogP contribution in [0.25, 0.3) is 10.2 Å². The van der Waals surface area contributed by atoms with E-state index in [1.165, 1.54) is 34.4 Å². The third-order valence-corrected chi connectivity index (χ3v) is 6.49. The molecular weight excluding hydrogens is 408 g/mol. The number of benzene rings is 2. The van der Waals surface area contributed by atoms with Crippen molar-refractivity contribution in [3.8, 4) is 0 Å². The van der Waals surface area contributed by atoms with Crippen LogP contribution in [0.2, 0.25) is 5.02 Å². The first kappa shape index (κ1) is 19.8. The lowest BCUT2D eigenvalue weighted by molar-refractivity contribution is 0.0975. The van der Waals surface area contributed by atoms with Crippen molar-refractivity contribution in [2.75, 3.05) is 31.4 Å². The molecule has 1 heterocycles. The SMILES string of the molecule is COCCN(C(=O)c1ccc(Cl)c(S(C)(=O)=O)c1)c1nc2ccccc2s1. The fourth-order valence-electron chi connectivity index (χ4n) is 2.52. The molecule has 142 valence electrons. The summed E-state index contributed by atoms with van der Waals surface area (Å²) in [5.41, 5.74) is 1.01. The Morgan fingerprint density at radius 1 is 1.26 bits per heavy atom. The molecule has 0 fully saturated rings. The lowest BCUT2D eigenvalue weighted by Crippen LogP contribution is -2.34. The fraction of sp³-hybridized carbons (Fsp3) is 0.222. The number of carbonyl (C=O) groups excluding carboxylic acids is 1. The summed E-state index contributed by atoms with van der Waals surface area (Å²) in [6, 6.07) is 11.8. The summed E-state index contributed by atoms with van der Waals surface area (Å²) in [5.74, 6) is -0.368. The predicted octanol–water partition coefficient (Wildman–Crippen LogP) is 3.65. The number of nitrogens with zero attached hydrogens (tertiary/aromatic N) is 2. The molecule has 27 heavy (non-hydrogen) atoms. The van der Waals surface area contributed by atoms with Crippen molar-refractivity contribution in [1.29, 1.82) is 0 Å². The Hall–Kier alpha value is -2.00. The zero-order valence-corrected chi connectivity index (χ0v) is 17.1. The molecule has 1 aromatic heterocycles. The topological polar surface area (TPSA) is 76.6 Å². The van der Waals surface area contributed by atoms with Crippen molar-refractivity contribution in [3.05, 3.63) is 53.1 Å². The van der Waals surface area contributed by atoms with E-state index in [2.05, 4.69) is 4.98 Å². The van der Waals surface area contributed by atoms with Gasteiger partial charge in [-0.2, -0.15) is 0 Å². The molecule has 0 spiro atoms. The van der Waals surface area contributed by atoms with Gasteiger partial charge in [0, 0.05) is 18.9 Å². The average molecular weight is 425 g/mol. The number of aromatic nitrogens is 1. The van der Waals surface area contributed by atoms with Gasteiger partial charge in [0.2, 0.25) is 0 Å². The Labute approximate surface area is 166 Å². The molecule has 0 saturated heterocycles. The molecule has 0 atom stereocenters. The summed E-state index contributed by atoms with van der Waals surface area (Å²) in [6.07, 6.45) is 1.05. The Bertz CT molecular complexity index is 1060. The van der Waals surface area contributed by atoms with E-state index in [0.717, 1.165) is 16.5 Å². The van der Waals surface area contributed by atoms with Gasteiger partial charge in [-0.15, -0.1) is 0 Å². The molecule has 0 radical (unpaired) electrons. The quantitative estimate of drug-likeness (QED) is 0.603. The number of hydrogen-bond donors (Lipinski definition) is 0. The number of sulfone groups is 1. The number of amides is 1. The average Bonchev–Trinajstić information content (AvgIpc) is 3.05. The fourth-order valence-corrected chi connectivity index (χ4v) is 4.81. The summed E-state index contributed by atoms with van der Waals surface area (Å²) in [5, 5.41) is 0.603. The lowest BCUT2D eigenvalue weighted by Gasteiger charge is -2.20. The highest BCUT2D eigenvalue weighted by molar-refractivity contribution is 7.90. The summed E-state index contributed by atoms with van der Waals surface area (Å²) < 4.78 is 29.9. The highest BCUT2D eigenvalue weighted by Gasteiger charge is 2.23. The number of hydrogen-bond acceptors (Lipinski definition) is 6. The van der Waals surface area contributed by atoms with Crippen LogP contribution >= 0.6 is 22.9 Å². The number of halogens is 1. The smallest absolute Gasteiger partial charge is 0.260 e. The van der Waals surface area contributed by atoms with Gasteiger partial charge in [-0.3, -0.25) is 9.69 Å². The number of ether oxygens (including phenoxy) is 1. The van der Waals surface area contributed by atoms with Crippen molar-refractivity contribution < 1.29 is 17.9 Å². The first-order chi connectivity index (χ1) is 12.8. The van der Waals surface area contributed by atoms with E-state index in [9.17, 15) is 13.2 Å². The second-order valence-corrected chi connectivity index (χ2v) is 9.23. The molecule has 0 aliphatic heterocycles. The first-order valence-corrected chi connectivity index (χ1v) is 11.1. The van der Waals surface area contributed by atoms with Crippen LogP contribution in [-0.4, -0.2) is 45.8 Å². The van der Waals surface area contributed by atoms with Crippen molar-refractivity contribution in [2.24, 2.45) is 0 Å². The predicted molar refractivity (Wildman–Crippen MR) is 108 cm³/mol. The minimum absolute atomic E-state index is 0.0778. The van der Waals surface area contributed by atoms with E-state index in [1.54, 1.807) is 7.11 Å². The van der Waals surface area contributed by atoms with Gasteiger partial charge in [-0.05, 0) is 30.3 Å². The molecule has 1 amide bonds. The van der Waals surface area contributed by atoms with Crippen molar-refractivity contribution in [3.63, 3.8) is 0 Å². The van der Waals surface area contributed by atoms with E-state index < -0.39 is 9.84 Å². The van der Waals surface area contributed by atoms with Gasteiger partial charge >= 0.3 is 0 Å². The minimum atomic E-state index is -3.56. The van der Waals surface area contributed by atoms with Crippen molar-refractivity contribution in [1.82, 2.24) is 4.98 Å². The van der Waals surface area contributed by atoms with Gasteiger partial charge in [0.15, 0.2) is 15.0 Å². The highest BCUT2D eigenvalue weighted by atomic mass is 35.5. The van der Waals surface area contributed by atoms with Gasteiger partial charge in [-0.1, -0.05) is 35.1 Å². The third-order valence-electron chi connectivity index (χ3n) is 3.86. The Balaban J connectivity index is 2.04. The molecule has 2 aromatic carbocycles. The van der Waals surface area contributed by atoms with E-state index >= 15 is 0 Å². The van der Waals surface area contributed by atoms with Crippen LogP contribution in [0.4, 0.5) is 5.13 Å². The van der Waals surface area contributed by atoms with E-state index in [0.29, 0.717) is 11.7 Å². The number of methoxy groups -OCH3 is 1. The number of rotatable bonds is 6. The Morgan fingerprint density at radius 2 is 2.00 bits per heavy atom. The summed E-state index contributed by atoms with van der Waals surface area (Å²) in [6.45, 7) is 0.597. The molecule has 0 bridgehead atoms. The van der Waals surface area contributed by atoms with Gasteiger partial charge in [-0.25, -0.2) is 13.4 Å². The molecule has 3 rings (SSSR count). The van der Waals surface area contributed by atoms with Gasteiger partial charge < -0.3 is 4.74 Å². The largest absolute Gasteiger partial charge is 0.383 e. The highest BCUT2D eigenvalue weighted by Crippen LogP contribution is 2.30. The van der Waals surface area contributed by atoms with Crippen LogP contribution < -0.4 is 4.90 Å². The maximum atomic E-state index is 13.1. The molecule has 0 saturated carbocycles. The minimum Gasteiger partial charge on any atom is -0.383 e. The van der Waals surface area contributed by atoms with Crippen LogP contribution in [0.3, 0.4) is 0 Å². The second kappa shape index (κ2) is 7.93. The summed E-state index contributed by atoms with van der Waals surface area (Å²) in [7, 11) is -2.01. The second-order valence-electron chi connectivity index (χ2n) is 5.83. The molecule has 9 heteroatoms. The van der Waals surface area contributed by atoms with Crippen LogP contribution in [-0.2, 0) is 14.6 Å². The number of anilines is 1. The summed E-state index contributed by atoms with van der Waals surface area (Å²) >= 11 is 7.37. The van der Waals surface area contributed by atoms with Gasteiger partial charge in [0.25, 0.3) is 5.91 Å². The molecule has 3 aromatic rings. The van der Waals surface area contributed by atoms with E-state index in [-0.39, 0.29) is 27.9 Å². The zero-order valence-electron chi connectivity index (χ0n) is 14.7. The first-order valence-electron chi connectivity index (χ1n) is 7.97. The molecule has 0 N–H and O–H groups in total. The van der Waals surface area contributed by atoms with Crippen LogP contribution in [0.15, 0.2) is 47.4 Å². The van der Waals surface area contributed by atoms with E-state index in [4.69, 9.17) is 16.3 Å². The number of carbonyl (C=O) groups is 1. The van der Waals surface area contributed by atoms with Crippen LogP contribution in [0, 0.1) is 0 Å². The standard InChI is InChI=1S/C18H17ClN2O4S2/c1-25-10-9-21(18-20-14-5-3-4-6-15(14)26-18)17(22)12-7-8-13(19)16(11-12)27(2,23)24/h3-8,11H,9-10H2,1-2H3. The van der Waals surface area contributed by atoms with Gasteiger partial charge in [0.05, 0.1) is 33.3 Å². The van der Waals surface area contributed by atoms with E-state index in [1.807, 2.05) is 24.3 Å². The lowest BCUT2D eigenvalue weighted by atomic mass is 10.2. The zero-order chi connectivity index (χ0) is 19.6. The molecule has 6 nitrogen and oxygen atoms in total. The van der Waals surface area contributed by atoms with Crippen LogP contribution in [0.1, 0.15) is 10.4 Å². The molecule has 0 aliphatic rings. The van der Waals surface area contributed by atoms with Crippen LogP contribution in [0.5, 0.6) is 0 Å². The molecule has 0 unspecified atom stereocenters. The molecule has 0 aliphatic carbocycles. The van der Waals surface area contributed by atoms with Crippen molar-refractivity contribution >= 4 is 54.0 Å². The Morgan fingerprint density at radius 3 is 2.67 bits per heavy atom.